The fraction of sp³-hybridized carbons (Fsp3) is 0.0968. The summed E-state index contributed by atoms with van der Waals surface area (Å²) in [5.41, 5.74) is 2.15. The lowest BCUT2D eigenvalue weighted by molar-refractivity contribution is 0.101. The van der Waals surface area contributed by atoms with Crippen LogP contribution in [0.2, 0.25) is 0 Å². The van der Waals surface area contributed by atoms with Crippen LogP contribution in [-0.2, 0) is 0 Å². The zero-order chi connectivity index (χ0) is 26.5. The van der Waals surface area contributed by atoms with Gasteiger partial charge in [0.25, 0.3) is 0 Å². The van der Waals surface area contributed by atoms with E-state index in [-0.39, 0.29) is 17.3 Å². The molecule has 1 aliphatic rings. The molecule has 1 amide bonds. The smallest absolute Gasteiger partial charge is 0.424 e. The number of rotatable bonds is 7. The van der Waals surface area contributed by atoms with Crippen molar-refractivity contribution < 1.29 is 28.5 Å². The molecule has 7 heteroatoms. The topological polar surface area (TPSA) is 74.3 Å². The third-order valence-corrected chi connectivity index (χ3v) is 5.87. The molecular formula is C31H25NO6. The summed E-state index contributed by atoms with van der Waals surface area (Å²) in [6.45, 7) is 2.19. The van der Waals surface area contributed by atoms with Gasteiger partial charge < -0.3 is 18.9 Å². The van der Waals surface area contributed by atoms with E-state index in [1.807, 2.05) is 67.6 Å². The Hall–Kier alpha value is -5.04. The maximum absolute atomic E-state index is 13.7. The Balaban J connectivity index is 1.53. The molecule has 7 nitrogen and oxygen atoms in total. The highest BCUT2D eigenvalue weighted by Crippen LogP contribution is 2.39. The van der Waals surface area contributed by atoms with Gasteiger partial charge in [-0.3, -0.25) is 4.79 Å². The molecule has 0 saturated carbocycles. The van der Waals surface area contributed by atoms with Crippen molar-refractivity contribution in [1.29, 1.82) is 0 Å². The zero-order valence-electron chi connectivity index (χ0n) is 20.9. The summed E-state index contributed by atoms with van der Waals surface area (Å²) in [6.07, 6.45) is 0.913. The number of ketones is 1. The monoisotopic (exact) mass is 507 g/mol. The molecule has 1 heterocycles. The van der Waals surface area contributed by atoms with Gasteiger partial charge in [0.15, 0.2) is 17.3 Å². The van der Waals surface area contributed by atoms with Gasteiger partial charge in [-0.15, -0.1) is 0 Å². The Bertz CT molecular complexity index is 1460. The molecule has 0 bridgehead atoms. The van der Waals surface area contributed by atoms with Crippen LogP contribution in [0.1, 0.15) is 22.8 Å². The lowest BCUT2D eigenvalue weighted by Gasteiger charge is -2.23. The molecular weight excluding hydrogens is 482 g/mol. The average Bonchev–Trinajstić information content (AvgIpc) is 3.26. The molecule has 1 aliphatic heterocycles. The molecule has 4 aromatic carbocycles. The van der Waals surface area contributed by atoms with Crippen molar-refractivity contribution in [2.45, 2.75) is 6.92 Å². The number of allylic oxidation sites excluding steroid dienone is 1. The van der Waals surface area contributed by atoms with Gasteiger partial charge in [0.1, 0.15) is 11.5 Å². The number of methoxy groups -OCH3 is 1. The molecule has 0 aromatic heterocycles. The van der Waals surface area contributed by atoms with Crippen LogP contribution in [0.5, 0.6) is 23.0 Å². The Morgan fingerprint density at radius 2 is 1.58 bits per heavy atom. The molecule has 0 aliphatic carbocycles. The summed E-state index contributed by atoms with van der Waals surface area (Å²) >= 11 is 0. The number of carbonyl (C=O) groups excluding carboxylic acids is 2. The number of hydrogen-bond donors (Lipinski definition) is 0. The van der Waals surface area contributed by atoms with Gasteiger partial charge in [-0.25, -0.2) is 9.69 Å². The van der Waals surface area contributed by atoms with Crippen LogP contribution >= 0.6 is 0 Å². The van der Waals surface area contributed by atoms with Crippen LogP contribution in [-0.4, -0.2) is 25.6 Å². The fourth-order valence-electron chi connectivity index (χ4n) is 4.11. The Kier molecular flexibility index (Phi) is 7.08. The van der Waals surface area contributed by atoms with Gasteiger partial charge >= 0.3 is 6.09 Å². The number of ether oxygens (including phenoxy) is 4. The summed E-state index contributed by atoms with van der Waals surface area (Å²) < 4.78 is 22.9. The zero-order valence-corrected chi connectivity index (χ0v) is 20.9. The lowest BCUT2D eigenvalue weighted by Crippen LogP contribution is -2.29. The molecule has 38 heavy (non-hydrogen) atoms. The number of hydrogen-bond acceptors (Lipinski definition) is 6. The highest BCUT2D eigenvalue weighted by atomic mass is 16.6. The van der Waals surface area contributed by atoms with Crippen LogP contribution in [0.3, 0.4) is 0 Å². The quantitative estimate of drug-likeness (QED) is 0.250. The van der Waals surface area contributed by atoms with Gasteiger partial charge in [-0.2, -0.15) is 0 Å². The van der Waals surface area contributed by atoms with Crippen LogP contribution in [0.15, 0.2) is 103 Å². The van der Waals surface area contributed by atoms with E-state index in [2.05, 4.69) is 0 Å². The van der Waals surface area contributed by atoms with E-state index >= 15 is 0 Å². The average molecular weight is 508 g/mol. The van der Waals surface area contributed by atoms with Gasteiger partial charge in [-0.05, 0) is 55.5 Å². The summed E-state index contributed by atoms with van der Waals surface area (Å²) in [4.78, 5) is 28.2. The molecule has 5 rings (SSSR count). The molecule has 4 aromatic rings. The molecule has 0 unspecified atom stereocenters. The summed E-state index contributed by atoms with van der Waals surface area (Å²) in [6, 6.07) is 28.6. The third kappa shape index (κ3) is 4.95. The minimum Gasteiger partial charge on any atom is -0.497 e. The van der Waals surface area contributed by atoms with Crippen molar-refractivity contribution in [3.8, 4) is 23.0 Å². The molecule has 190 valence electrons. The van der Waals surface area contributed by atoms with E-state index < -0.39 is 6.09 Å². The van der Waals surface area contributed by atoms with Crippen LogP contribution in [0.4, 0.5) is 16.2 Å². The van der Waals surface area contributed by atoms with Crippen molar-refractivity contribution >= 4 is 29.3 Å². The predicted molar refractivity (Wildman–Crippen MR) is 145 cm³/mol. The first kappa shape index (κ1) is 24.6. The normalized spacial score (nSPS) is 13.0. The van der Waals surface area contributed by atoms with E-state index in [0.717, 1.165) is 0 Å². The molecule has 0 spiro atoms. The second kappa shape index (κ2) is 10.9. The molecule has 0 radical (unpaired) electrons. The molecule has 0 N–H and O–H groups in total. The maximum Gasteiger partial charge on any atom is 0.424 e. The van der Waals surface area contributed by atoms with Crippen LogP contribution < -0.4 is 23.8 Å². The number of Topliss-reactive ketones (excluding diaryl/α,β-unsaturated/α-hetero) is 1. The first-order valence-electron chi connectivity index (χ1n) is 12.1. The Labute approximate surface area is 220 Å². The Morgan fingerprint density at radius 1 is 0.895 bits per heavy atom. The van der Waals surface area contributed by atoms with Crippen molar-refractivity contribution in [1.82, 2.24) is 0 Å². The Morgan fingerprint density at radius 3 is 2.21 bits per heavy atom. The number of carbonyl (C=O) groups is 2. The van der Waals surface area contributed by atoms with Gasteiger partial charge in [0, 0.05) is 11.6 Å². The highest BCUT2D eigenvalue weighted by molar-refractivity contribution is 6.14. The maximum atomic E-state index is 13.7. The van der Waals surface area contributed by atoms with Crippen LogP contribution in [0, 0.1) is 0 Å². The summed E-state index contributed by atoms with van der Waals surface area (Å²) in [5, 5.41) is 0. The van der Waals surface area contributed by atoms with Crippen molar-refractivity contribution in [2.75, 3.05) is 18.6 Å². The van der Waals surface area contributed by atoms with Gasteiger partial charge in [0.05, 0.1) is 30.7 Å². The lowest BCUT2D eigenvalue weighted by atomic mass is 10.1. The van der Waals surface area contributed by atoms with Crippen molar-refractivity contribution in [3.63, 3.8) is 0 Å². The van der Waals surface area contributed by atoms with E-state index in [1.165, 1.54) is 4.90 Å². The number of para-hydroxylation sites is 3. The number of amides is 1. The van der Waals surface area contributed by atoms with Gasteiger partial charge in [-0.1, -0.05) is 48.5 Å². The molecule has 0 atom stereocenters. The minimum atomic E-state index is -0.638. The number of nitrogens with zero attached hydrogens (tertiary/aromatic N) is 1. The van der Waals surface area contributed by atoms with Crippen LogP contribution in [0.25, 0.3) is 6.08 Å². The van der Waals surface area contributed by atoms with Crippen molar-refractivity contribution in [3.05, 3.63) is 114 Å². The first-order valence-corrected chi connectivity index (χ1v) is 12.1. The summed E-state index contributed by atoms with van der Waals surface area (Å²) in [5.74, 6) is 1.33. The standard InChI is InChI=1S/C31H25NO6/c1-3-36-26-16-10-11-21(19-28-29(33)25-18-17-24(35-2)20-27(25)37-28)30(26)38-31(34)32(22-12-6-4-7-13-22)23-14-8-5-9-15-23/h4-20H,3H2,1-2H3/b28-19-. The fourth-order valence-corrected chi connectivity index (χ4v) is 4.11. The predicted octanol–water partition coefficient (Wildman–Crippen LogP) is 7.05. The van der Waals surface area contributed by atoms with E-state index in [0.29, 0.717) is 46.4 Å². The van der Waals surface area contributed by atoms with E-state index in [4.69, 9.17) is 18.9 Å². The van der Waals surface area contributed by atoms with Gasteiger partial charge in [0.2, 0.25) is 5.78 Å². The highest BCUT2D eigenvalue weighted by Gasteiger charge is 2.29. The SMILES string of the molecule is CCOc1cccc(/C=C2\Oc3cc(OC)ccc3C2=O)c1OC(=O)N(c1ccccc1)c1ccccc1. The molecule has 0 fully saturated rings. The first-order chi connectivity index (χ1) is 18.6. The van der Waals surface area contributed by atoms with Crippen molar-refractivity contribution in [2.24, 2.45) is 0 Å². The molecule has 0 saturated heterocycles. The minimum absolute atomic E-state index is 0.0992. The largest absolute Gasteiger partial charge is 0.497 e. The van der Waals surface area contributed by atoms with E-state index in [1.54, 1.807) is 49.6 Å². The summed E-state index contributed by atoms with van der Waals surface area (Å²) in [7, 11) is 1.54. The number of anilines is 2. The van der Waals surface area contributed by atoms with E-state index in [9.17, 15) is 9.59 Å². The number of benzene rings is 4. The third-order valence-electron chi connectivity index (χ3n) is 5.87. The second-order valence-electron chi connectivity index (χ2n) is 8.28. The number of fused-ring (bicyclic) bond motifs is 1. The second-order valence-corrected chi connectivity index (χ2v) is 8.28.